The molecule has 19 heavy (non-hydrogen) atoms. The molecule has 0 spiro atoms. The molecule has 0 aromatic rings. The zero-order chi connectivity index (χ0) is 13.6. The molecule has 0 bridgehead atoms. The van der Waals surface area contributed by atoms with E-state index in [-0.39, 0.29) is 0 Å². The van der Waals surface area contributed by atoms with Crippen LogP contribution in [-0.2, 0) is 9.47 Å². The van der Waals surface area contributed by atoms with Gasteiger partial charge in [0.2, 0.25) is 0 Å². The minimum Gasteiger partial charge on any atom is -0.381 e. The fourth-order valence-electron chi connectivity index (χ4n) is 2.49. The van der Waals surface area contributed by atoms with Gasteiger partial charge in [-0.05, 0) is 44.9 Å². The van der Waals surface area contributed by atoms with E-state index in [0.29, 0.717) is 12.5 Å². The van der Waals surface area contributed by atoms with Crippen LogP contribution in [0.25, 0.3) is 0 Å². The Labute approximate surface area is 118 Å². The predicted octanol–water partition coefficient (Wildman–Crippen LogP) is 4.22. The molecule has 0 amide bonds. The van der Waals surface area contributed by atoms with E-state index in [2.05, 4.69) is 6.07 Å². The van der Waals surface area contributed by atoms with E-state index in [1.165, 1.54) is 38.5 Å². The molecule has 0 N–H and O–H groups in total. The number of nitriles is 1. The Hall–Kier alpha value is -0.590. The van der Waals surface area contributed by atoms with Crippen molar-refractivity contribution >= 4 is 0 Å². The van der Waals surface area contributed by atoms with Gasteiger partial charge in [-0.1, -0.05) is 19.3 Å². The minimum absolute atomic E-state index is 0.498. The summed E-state index contributed by atoms with van der Waals surface area (Å²) in [6.07, 6.45) is 13.2. The van der Waals surface area contributed by atoms with Crippen molar-refractivity contribution in [1.29, 1.82) is 5.26 Å². The normalized spacial score (nSPS) is 19.2. The topological polar surface area (TPSA) is 42.2 Å². The van der Waals surface area contributed by atoms with E-state index < -0.39 is 0 Å². The smallest absolute Gasteiger partial charge is 0.0621 e. The molecule has 1 rings (SSSR count). The zero-order valence-corrected chi connectivity index (χ0v) is 12.2. The molecule has 3 heteroatoms. The van der Waals surface area contributed by atoms with Gasteiger partial charge in [0, 0.05) is 26.2 Å². The summed E-state index contributed by atoms with van der Waals surface area (Å²) in [4.78, 5) is 0. The average Bonchev–Trinajstić information content (AvgIpc) is 2.46. The molecule has 3 nitrogen and oxygen atoms in total. The van der Waals surface area contributed by atoms with Crippen LogP contribution in [0.1, 0.15) is 70.6 Å². The Morgan fingerprint density at radius 2 is 1.79 bits per heavy atom. The second kappa shape index (κ2) is 12.4. The molecule has 0 saturated carbocycles. The van der Waals surface area contributed by atoms with Crippen molar-refractivity contribution in [1.82, 2.24) is 0 Å². The third-order valence-corrected chi connectivity index (χ3v) is 3.67. The molecule has 1 unspecified atom stereocenters. The van der Waals surface area contributed by atoms with Gasteiger partial charge in [0.05, 0.1) is 12.2 Å². The lowest BCUT2D eigenvalue weighted by atomic mass is 10.1. The number of unbranched alkanes of at least 4 members (excludes halogenated alkanes) is 5. The Morgan fingerprint density at radius 1 is 1.00 bits per heavy atom. The highest BCUT2D eigenvalue weighted by molar-refractivity contribution is 4.67. The van der Waals surface area contributed by atoms with E-state index in [4.69, 9.17) is 14.7 Å². The summed E-state index contributed by atoms with van der Waals surface area (Å²) in [6.45, 7) is 2.73. The number of hydrogen-bond acceptors (Lipinski definition) is 3. The van der Waals surface area contributed by atoms with Crippen LogP contribution in [0.5, 0.6) is 0 Å². The van der Waals surface area contributed by atoms with Crippen LogP contribution in [0.3, 0.4) is 0 Å². The first-order chi connectivity index (χ1) is 9.43. The summed E-state index contributed by atoms with van der Waals surface area (Å²) in [5.74, 6) is 0. The number of hydrogen-bond donors (Lipinski definition) is 0. The van der Waals surface area contributed by atoms with Crippen molar-refractivity contribution in [2.75, 3.05) is 19.8 Å². The van der Waals surface area contributed by atoms with Gasteiger partial charge < -0.3 is 9.47 Å². The first-order valence-corrected chi connectivity index (χ1v) is 8.00. The van der Waals surface area contributed by atoms with Crippen molar-refractivity contribution in [3.05, 3.63) is 0 Å². The summed E-state index contributed by atoms with van der Waals surface area (Å²) < 4.78 is 11.3. The maximum absolute atomic E-state index is 8.40. The van der Waals surface area contributed by atoms with Gasteiger partial charge in [0.15, 0.2) is 0 Å². The van der Waals surface area contributed by atoms with Crippen LogP contribution in [0.4, 0.5) is 0 Å². The molecule has 1 aliphatic rings. The third-order valence-electron chi connectivity index (χ3n) is 3.67. The standard InChI is InChI=1S/C16H29NO2/c17-12-6-3-1-2-4-7-13-18-14-9-11-16-10-5-8-15-19-16/h16H,1-11,13-15H2. The van der Waals surface area contributed by atoms with Crippen LogP contribution >= 0.6 is 0 Å². The van der Waals surface area contributed by atoms with Gasteiger partial charge in [-0.15, -0.1) is 0 Å². The fourth-order valence-corrected chi connectivity index (χ4v) is 2.49. The van der Waals surface area contributed by atoms with E-state index in [9.17, 15) is 0 Å². The molecule has 1 aliphatic heterocycles. The van der Waals surface area contributed by atoms with Crippen molar-refractivity contribution < 1.29 is 9.47 Å². The fraction of sp³-hybridized carbons (Fsp3) is 0.938. The molecular formula is C16H29NO2. The van der Waals surface area contributed by atoms with Crippen LogP contribution in [0.2, 0.25) is 0 Å². The van der Waals surface area contributed by atoms with E-state index >= 15 is 0 Å². The Morgan fingerprint density at radius 3 is 2.58 bits per heavy atom. The largest absolute Gasteiger partial charge is 0.381 e. The molecule has 0 radical (unpaired) electrons. The van der Waals surface area contributed by atoms with Gasteiger partial charge in [-0.2, -0.15) is 5.26 Å². The zero-order valence-electron chi connectivity index (χ0n) is 12.2. The first kappa shape index (κ1) is 16.5. The molecule has 1 saturated heterocycles. The molecule has 1 fully saturated rings. The van der Waals surface area contributed by atoms with Crippen LogP contribution in [0.15, 0.2) is 0 Å². The van der Waals surface area contributed by atoms with Gasteiger partial charge in [-0.3, -0.25) is 0 Å². The summed E-state index contributed by atoms with van der Waals surface area (Å²) in [7, 11) is 0. The Bertz CT molecular complexity index is 231. The number of nitrogens with zero attached hydrogens (tertiary/aromatic N) is 1. The SMILES string of the molecule is N#CCCCCCCCOCCCC1CCCCO1. The molecule has 1 atom stereocenters. The van der Waals surface area contributed by atoms with Crippen molar-refractivity contribution in [2.24, 2.45) is 0 Å². The second-order valence-electron chi connectivity index (χ2n) is 5.42. The quantitative estimate of drug-likeness (QED) is 0.526. The van der Waals surface area contributed by atoms with Crippen molar-refractivity contribution in [3.8, 4) is 6.07 Å². The molecule has 0 aromatic heterocycles. The summed E-state index contributed by atoms with van der Waals surface area (Å²) in [5, 5.41) is 8.40. The first-order valence-electron chi connectivity index (χ1n) is 8.00. The van der Waals surface area contributed by atoms with Gasteiger partial charge >= 0.3 is 0 Å². The maximum Gasteiger partial charge on any atom is 0.0621 e. The average molecular weight is 267 g/mol. The molecular weight excluding hydrogens is 238 g/mol. The molecule has 110 valence electrons. The van der Waals surface area contributed by atoms with Crippen LogP contribution in [0, 0.1) is 11.3 Å². The van der Waals surface area contributed by atoms with Crippen LogP contribution in [-0.4, -0.2) is 25.9 Å². The summed E-state index contributed by atoms with van der Waals surface area (Å²) in [5.41, 5.74) is 0. The van der Waals surface area contributed by atoms with Crippen LogP contribution < -0.4 is 0 Å². The Kier molecular flexibility index (Phi) is 10.8. The molecule has 1 heterocycles. The van der Waals surface area contributed by atoms with Gasteiger partial charge in [-0.25, -0.2) is 0 Å². The highest BCUT2D eigenvalue weighted by Crippen LogP contribution is 2.16. The van der Waals surface area contributed by atoms with Gasteiger partial charge in [0.25, 0.3) is 0 Å². The van der Waals surface area contributed by atoms with E-state index in [1.807, 2.05) is 0 Å². The van der Waals surface area contributed by atoms with Crippen molar-refractivity contribution in [2.45, 2.75) is 76.7 Å². The lowest BCUT2D eigenvalue weighted by molar-refractivity contribution is 0.00452. The highest BCUT2D eigenvalue weighted by atomic mass is 16.5. The summed E-state index contributed by atoms with van der Waals surface area (Å²) in [6, 6.07) is 2.18. The number of ether oxygens (including phenoxy) is 2. The van der Waals surface area contributed by atoms with Crippen molar-refractivity contribution in [3.63, 3.8) is 0 Å². The van der Waals surface area contributed by atoms with E-state index in [1.54, 1.807) is 0 Å². The second-order valence-corrected chi connectivity index (χ2v) is 5.42. The maximum atomic E-state index is 8.40. The lowest BCUT2D eigenvalue weighted by Gasteiger charge is -2.22. The van der Waals surface area contributed by atoms with Gasteiger partial charge in [0.1, 0.15) is 0 Å². The molecule has 0 aromatic carbocycles. The minimum atomic E-state index is 0.498. The third kappa shape index (κ3) is 9.92. The summed E-state index contributed by atoms with van der Waals surface area (Å²) >= 11 is 0. The highest BCUT2D eigenvalue weighted by Gasteiger charge is 2.12. The lowest BCUT2D eigenvalue weighted by Crippen LogP contribution is -2.19. The Balaban J connectivity index is 1.72. The monoisotopic (exact) mass is 267 g/mol. The molecule has 0 aliphatic carbocycles. The number of rotatable bonds is 11. The predicted molar refractivity (Wildman–Crippen MR) is 77.0 cm³/mol. The van der Waals surface area contributed by atoms with E-state index in [0.717, 1.165) is 45.5 Å².